The summed E-state index contributed by atoms with van der Waals surface area (Å²) >= 11 is 0. The van der Waals surface area contributed by atoms with Gasteiger partial charge in [-0.3, -0.25) is 0 Å². The number of hydrogen-bond acceptors (Lipinski definition) is 2. The van der Waals surface area contributed by atoms with Gasteiger partial charge in [0.25, 0.3) is 0 Å². The summed E-state index contributed by atoms with van der Waals surface area (Å²) in [7, 11) is 0. The molecular weight excluding hydrogens is 200 g/mol. The smallest absolute Gasteiger partial charge is 0.125 e. The molecule has 0 bridgehead atoms. The molecule has 1 aromatic rings. The second-order valence-corrected chi connectivity index (χ2v) is 5.21. The lowest BCUT2D eigenvalue weighted by Gasteiger charge is -2.43. The normalized spacial score (nSPS) is 28.9. The third kappa shape index (κ3) is 2.07. The van der Waals surface area contributed by atoms with E-state index in [9.17, 15) is 5.11 Å². The van der Waals surface area contributed by atoms with Gasteiger partial charge in [0.2, 0.25) is 0 Å². The number of hydrogen-bond donors (Lipinski definition) is 1. The van der Waals surface area contributed by atoms with Crippen LogP contribution in [0.5, 0.6) is 5.75 Å². The number of rotatable bonds is 3. The van der Waals surface area contributed by atoms with Crippen molar-refractivity contribution < 1.29 is 9.84 Å². The molecule has 1 aliphatic rings. The first kappa shape index (κ1) is 11.5. The Morgan fingerprint density at radius 3 is 2.50 bits per heavy atom. The van der Waals surface area contributed by atoms with Gasteiger partial charge in [-0.25, -0.2) is 0 Å². The molecular formula is C14H20O2. The molecule has 1 aromatic carbocycles. The van der Waals surface area contributed by atoms with Crippen molar-refractivity contribution in [3.05, 3.63) is 29.8 Å². The first-order valence-corrected chi connectivity index (χ1v) is 6.00. The molecule has 2 nitrogen and oxygen atoms in total. The zero-order valence-corrected chi connectivity index (χ0v) is 10.2. The summed E-state index contributed by atoms with van der Waals surface area (Å²) in [5, 5.41) is 10.5. The SMILES string of the molecule is CC1CC(O)(c2ccccc2OC(C)C)C1. The molecule has 1 fully saturated rings. The van der Waals surface area contributed by atoms with Crippen LogP contribution in [0, 0.1) is 5.92 Å². The highest BCUT2D eigenvalue weighted by Crippen LogP contribution is 2.48. The van der Waals surface area contributed by atoms with Crippen LogP contribution in [0.3, 0.4) is 0 Å². The summed E-state index contributed by atoms with van der Waals surface area (Å²) in [5.41, 5.74) is 0.284. The Hall–Kier alpha value is -1.02. The topological polar surface area (TPSA) is 29.5 Å². The summed E-state index contributed by atoms with van der Waals surface area (Å²) in [5.74, 6) is 1.43. The highest BCUT2D eigenvalue weighted by atomic mass is 16.5. The monoisotopic (exact) mass is 220 g/mol. The van der Waals surface area contributed by atoms with E-state index in [1.54, 1.807) is 0 Å². The Kier molecular flexibility index (Phi) is 2.94. The van der Waals surface area contributed by atoms with Gasteiger partial charge in [0.05, 0.1) is 11.7 Å². The molecule has 0 spiro atoms. The minimum atomic E-state index is -0.662. The van der Waals surface area contributed by atoms with Gasteiger partial charge < -0.3 is 9.84 Å². The predicted octanol–water partition coefficient (Wildman–Crippen LogP) is 3.09. The van der Waals surface area contributed by atoms with Crippen LogP contribution in [-0.4, -0.2) is 11.2 Å². The van der Waals surface area contributed by atoms with E-state index < -0.39 is 5.60 Å². The summed E-state index contributed by atoms with van der Waals surface area (Å²) < 4.78 is 5.74. The lowest BCUT2D eigenvalue weighted by Crippen LogP contribution is -2.40. The third-order valence-electron chi connectivity index (χ3n) is 3.12. The molecule has 1 saturated carbocycles. The summed E-state index contributed by atoms with van der Waals surface area (Å²) in [6, 6.07) is 7.83. The molecule has 0 heterocycles. The molecule has 0 amide bonds. The van der Waals surface area contributed by atoms with Crippen LogP contribution in [0.1, 0.15) is 39.2 Å². The minimum Gasteiger partial charge on any atom is -0.491 e. The van der Waals surface area contributed by atoms with Gasteiger partial charge in [-0.1, -0.05) is 25.1 Å². The van der Waals surface area contributed by atoms with Crippen LogP contribution in [0.25, 0.3) is 0 Å². The number of ether oxygens (including phenoxy) is 1. The van der Waals surface area contributed by atoms with Gasteiger partial charge in [-0.2, -0.15) is 0 Å². The highest BCUT2D eigenvalue weighted by molar-refractivity contribution is 5.39. The van der Waals surface area contributed by atoms with Crippen molar-refractivity contribution in [2.75, 3.05) is 0 Å². The first-order chi connectivity index (χ1) is 7.51. The summed E-state index contributed by atoms with van der Waals surface area (Å²) in [4.78, 5) is 0. The largest absolute Gasteiger partial charge is 0.491 e. The van der Waals surface area contributed by atoms with Crippen LogP contribution >= 0.6 is 0 Å². The maximum absolute atomic E-state index is 10.5. The highest BCUT2D eigenvalue weighted by Gasteiger charge is 2.43. The number of para-hydroxylation sites is 1. The molecule has 2 rings (SSSR count). The van der Waals surface area contributed by atoms with E-state index in [0.717, 1.165) is 24.2 Å². The van der Waals surface area contributed by atoms with E-state index in [-0.39, 0.29) is 6.10 Å². The van der Waals surface area contributed by atoms with Gasteiger partial charge in [0.1, 0.15) is 5.75 Å². The number of benzene rings is 1. The lowest BCUT2D eigenvalue weighted by atomic mass is 9.68. The molecule has 1 aliphatic carbocycles. The standard InChI is InChI=1S/C14H20O2/c1-10(2)16-13-7-5-4-6-12(13)14(15)8-11(3)9-14/h4-7,10-11,15H,8-9H2,1-3H3. The van der Waals surface area contributed by atoms with E-state index in [1.807, 2.05) is 38.1 Å². The Balaban J connectivity index is 2.26. The predicted molar refractivity (Wildman–Crippen MR) is 64.5 cm³/mol. The third-order valence-corrected chi connectivity index (χ3v) is 3.12. The average Bonchev–Trinajstić information content (AvgIpc) is 2.15. The van der Waals surface area contributed by atoms with Gasteiger partial charge in [0.15, 0.2) is 0 Å². The fourth-order valence-corrected chi connectivity index (χ4v) is 2.52. The Labute approximate surface area is 97.3 Å². The molecule has 1 N–H and O–H groups in total. The molecule has 88 valence electrons. The fraction of sp³-hybridized carbons (Fsp3) is 0.571. The zero-order chi connectivity index (χ0) is 11.8. The van der Waals surface area contributed by atoms with Crippen molar-refractivity contribution in [3.8, 4) is 5.75 Å². The van der Waals surface area contributed by atoms with Crippen molar-refractivity contribution in [1.29, 1.82) is 0 Å². The van der Waals surface area contributed by atoms with Crippen molar-refractivity contribution in [2.45, 2.75) is 45.3 Å². The van der Waals surface area contributed by atoms with Crippen molar-refractivity contribution >= 4 is 0 Å². The van der Waals surface area contributed by atoms with Crippen LogP contribution in [0.2, 0.25) is 0 Å². The van der Waals surface area contributed by atoms with E-state index >= 15 is 0 Å². The lowest BCUT2D eigenvalue weighted by molar-refractivity contribution is -0.0757. The second kappa shape index (κ2) is 4.10. The van der Waals surface area contributed by atoms with E-state index in [4.69, 9.17) is 4.74 Å². The molecule has 0 radical (unpaired) electrons. The van der Waals surface area contributed by atoms with Crippen molar-refractivity contribution in [2.24, 2.45) is 5.92 Å². The summed E-state index contributed by atoms with van der Waals surface area (Å²) in [6.07, 6.45) is 1.82. The minimum absolute atomic E-state index is 0.141. The van der Waals surface area contributed by atoms with Crippen LogP contribution < -0.4 is 4.74 Å². The van der Waals surface area contributed by atoms with Crippen LogP contribution in [0.4, 0.5) is 0 Å². The molecule has 0 unspecified atom stereocenters. The van der Waals surface area contributed by atoms with E-state index in [0.29, 0.717) is 5.92 Å². The number of aliphatic hydroxyl groups is 1. The van der Waals surface area contributed by atoms with Gasteiger partial charge in [0, 0.05) is 5.56 Å². The average molecular weight is 220 g/mol. The molecule has 0 aliphatic heterocycles. The van der Waals surface area contributed by atoms with E-state index in [1.165, 1.54) is 0 Å². The molecule has 0 atom stereocenters. The van der Waals surface area contributed by atoms with E-state index in [2.05, 4.69) is 6.92 Å². The molecule has 0 aromatic heterocycles. The maximum atomic E-state index is 10.5. The fourth-order valence-electron chi connectivity index (χ4n) is 2.52. The van der Waals surface area contributed by atoms with Crippen molar-refractivity contribution in [3.63, 3.8) is 0 Å². The van der Waals surface area contributed by atoms with Crippen molar-refractivity contribution in [1.82, 2.24) is 0 Å². The molecule has 0 saturated heterocycles. The second-order valence-electron chi connectivity index (χ2n) is 5.21. The van der Waals surface area contributed by atoms with Gasteiger partial charge in [-0.15, -0.1) is 0 Å². The van der Waals surface area contributed by atoms with Gasteiger partial charge >= 0.3 is 0 Å². The maximum Gasteiger partial charge on any atom is 0.125 e. The Morgan fingerprint density at radius 2 is 1.94 bits per heavy atom. The molecule has 2 heteroatoms. The van der Waals surface area contributed by atoms with Crippen LogP contribution in [0.15, 0.2) is 24.3 Å². The Morgan fingerprint density at radius 1 is 1.31 bits per heavy atom. The van der Waals surface area contributed by atoms with Gasteiger partial charge in [-0.05, 0) is 38.7 Å². The Bertz CT molecular complexity index is 365. The quantitative estimate of drug-likeness (QED) is 0.848. The molecule has 16 heavy (non-hydrogen) atoms. The van der Waals surface area contributed by atoms with Crippen LogP contribution in [-0.2, 0) is 5.60 Å². The summed E-state index contributed by atoms with van der Waals surface area (Å²) in [6.45, 7) is 6.18. The zero-order valence-electron chi connectivity index (χ0n) is 10.2. The first-order valence-electron chi connectivity index (χ1n) is 6.00.